The van der Waals surface area contributed by atoms with Crippen molar-refractivity contribution >= 4 is 35.3 Å². The fourth-order valence-electron chi connectivity index (χ4n) is 2.76. The highest BCUT2D eigenvalue weighted by Crippen LogP contribution is 2.43. The van der Waals surface area contributed by atoms with E-state index in [2.05, 4.69) is 14.8 Å². The second-order valence-corrected chi connectivity index (χ2v) is 6.49. The minimum absolute atomic E-state index is 0.0190. The Morgan fingerprint density at radius 3 is 2.57 bits per heavy atom. The number of hydrogen-bond acceptors (Lipinski definition) is 9. The SMILES string of the molecule is COC(=O)CSC1=C(C#N)[C@H](c2ccccc2[N+](=O)[O-])[C@H](C(=O)OC)C(=O)N1. The van der Waals surface area contributed by atoms with Gasteiger partial charge in [0, 0.05) is 11.6 Å². The minimum atomic E-state index is -1.50. The molecule has 0 spiro atoms. The molecule has 1 aromatic rings. The summed E-state index contributed by atoms with van der Waals surface area (Å²) in [4.78, 5) is 47.1. The molecule has 0 saturated heterocycles. The topological polar surface area (TPSA) is 149 Å². The molecule has 28 heavy (non-hydrogen) atoms. The number of hydrogen-bond donors (Lipinski definition) is 1. The number of carbonyl (C=O) groups excluding carboxylic acids is 3. The molecular weight excluding hydrogens is 390 g/mol. The number of rotatable bonds is 6. The molecule has 0 aliphatic carbocycles. The number of amides is 1. The van der Waals surface area contributed by atoms with Crippen LogP contribution in [-0.4, -0.2) is 42.7 Å². The Kier molecular flexibility index (Phi) is 6.73. The number of esters is 2. The van der Waals surface area contributed by atoms with Gasteiger partial charge in [-0.05, 0) is 0 Å². The quantitative estimate of drug-likeness (QED) is 0.319. The first-order chi connectivity index (χ1) is 13.3. The van der Waals surface area contributed by atoms with Gasteiger partial charge in [0.25, 0.3) is 5.69 Å². The predicted molar refractivity (Wildman–Crippen MR) is 96.6 cm³/mol. The van der Waals surface area contributed by atoms with Crippen molar-refractivity contribution in [1.82, 2.24) is 5.32 Å². The van der Waals surface area contributed by atoms with Crippen LogP contribution in [0, 0.1) is 27.4 Å². The van der Waals surface area contributed by atoms with Crippen molar-refractivity contribution in [2.24, 2.45) is 5.92 Å². The maximum Gasteiger partial charge on any atom is 0.319 e. The zero-order chi connectivity index (χ0) is 20.8. The maximum atomic E-state index is 12.6. The number of nitrogens with one attached hydrogen (secondary N) is 1. The number of nitriles is 1. The lowest BCUT2D eigenvalue weighted by atomic mass is 9.78. The smallest absolute Gasteiger partial charge is 0.319 e. The summed E-state index contributed by atoms with van der Waals surface area (Å²) < 4.78 is 9.21. The van der Waals surface area contributed by atoms with Gasteiger partial charge in [0.2, 0.25) is 5.91 Å². The van der Waals surface area contributed by atoms with E-state index in [1.54, 1.807) is 0 Å². The number of nitro groups is 1. The summed E-state index contributed by atoms with van der Waals surface area (Å²) in [5, 5.41) is 23.6. The summed E-state index contributed by atoms with van der Waals surface area (Å²) >= 11 is 0.829. The van der Waals surface area contributed by atoms with E-state index in [9.17, 15) is 29.8 Å². The molecule has 2 rings (SSSR count). The van der Waals surface area contributed by atoms with Crippen LogP contribution >= 0.6 is 11.8 Å². The predicted octanol–water partition coefficient (Wildman–Crippen LogP) is 1.24. The van der Waals surface area contributed by atoms with Crippen molar-refractivity contribution in [2.75, 3.05) is 20.0 Å². The molecule has 0 aromatic heterocycles. The van der Waals surface area contributed by atoms with Gasteiger partial charge in [0.15, 0.2) is 0 Å². The van der Waals surface area contributed by atoms with E-state index in [0.717, 1.165) is 18.9 Å². The molecule has 1 aromatic carbocycles. The van der Waals surface area contributed by atoms with Crippen LogP contribution in [0.1, 0.15) is 11.5 Å². The van der Waals surface area contributed by atoms with Crippen LogP contribution in [0.3, 0.4) is 0 Å². The third kappa shape index (κ3) is 4.12. The van der Waals surface area contributed by atoms with Crippen LogP contribution in [0.2, 0.25) is 0 Å². The number of allylic oxidation sites excluding steroid dienone is 1. The van der Waals surface area contributed by atoms with Crippen LogP contribution in [0.25, 0.3) is 0 Å². The summed E-state index contributed by atoms with van der Waals surface area (Å²) in [6.07, 6.45) is 0. The molecule has 0 radical (unpaired) electrons. The average Bonchev–Trinajstić information content (AvgIpc) is 2.70. The largest absolute Gasteiger partial charge is 0.468 e. The molecular formula is C17H15N3O7S. The van der Waals surface area contributed by atoms with Gasteiger partial charge in [0.1, 0.15) is 5.92 Å². The van der Waals surface area contributed by atoms with Gasteiger partial charge in [-0.25, -0.2) is 0 Å². The first-order valence-electron chi connectivity index (χ1n) is 7.81. The first-order valence-corrected chi connectivity index (χ1v) is 8.80. The fraction of sp³-hybridized carbons (Fsp3) is 0.294. The Morgan fingerprint density at radius 2 is 2.00 bits per heavy atom. The van der Waals surface area contributed by atoms with Crippen molar-refractivity contribution in [2.45, 2.75) is 5.92 Å². The average molecular weight is 405 g/mol. The van der Waals surface area contributed by atoms with Crippen LogP contribution in [0.4, 0.5) is 5.69 Å². The zero-order valence-electron chi connectivity index (χ0n) is 14.8. The Hall–Kier alpha value is -3.39. The van der Waals surface area contributed by atoms with E-state index in [1.807, 2.05) is 6.07 Å². The lowest BCUT2D eigenvalue weighted by Gasteiger charge is -2.30. The molecule has 1 N–H and O–H groups in total. The number of benzene rings is 1. The van der Waals surface area contributed by atoms with E-state index in [1.165, 1.54) is 31.4 Å². The summed E-state index contributed by atoms with van der Waals surface area (Å²) in [7, 11) is 2.26. The lowest BCUT2D eigenvalue weighted by molar-refractivity contribution is -0.385. The monoisotopic (exact) mass is 405 g/mol. The van der Waals surface area contributed by atoms with Gasteiger partial charge in [-0.3, -0.25) is 24.5 Å². The Labute approximate surface area is 163 Å². The highest BCUT2D eigenvalue weighted by atomic mass is 32.2. The van der Waals surface area contributed by atoms with Crippen molar-refractivity contribution in [3.63, 3.8) is 0 Å². The Bertz CT molecular complexity index is 906. The van der Waals surface area contributed by atoms with Crippen LogP contribution in [0.5, 0.6) is 0 Å². The van der Waals surface area contributed by atoms with Crippen molar-refractivity contribution in [3.8, 4) is 6.07 Å². The molecule has 1 aliphatic rings. The standard InChI is InChI=1S/C17H15N3O7S/c1-26-12(21)8-28-16-10(7-18)13(14(15(22)19-16)17(23)27-2)9-5-3-4-6-11(9)20(24)25/h3-6,13-14H,8H2,1-2H3,(H,19,22)/t13-,14-/m0/s1. The normalized spacial score (nSPS) is 18.7. The van der Waals surface area contributed by atoms with Crippen molar-refractivity contribution in [3.05, 3.63) is 50.5 Å². The van der Waals surface area contributed by atoms with E-state index >= 15 is 0 Å². The van der Waals surface area contributed by atoms with Crippen LogP contribution < -0.4 is 5.32 Å². The molecule has 1 aliphatic heterocycles. The number of nitrogens with zero attached hydrogens (tertiary/aromatic N) is 2. The number of ether oxygens (including phenoxy) is 2. The zero-order valence-corrected chi connectivity index (χ0v) is 15.6. The first kappa shape index (κ1) is 20.9. The number of thioether (sulfide) groups is 1. The third-order valence-corrected chi connectivity index (χ3v) is 5.00. The summed E-state index contributed by atoms with van der Waals surface area (Å²) in [6, 6.07) is 7.42. The van der Waals surface area contributed by atoms with Gasteiger partial charge in [-0.15, -0.1) is 0 Å². The molecule has 0 fully saturated rings. The Balaban J connectivity index is 2.67. The third-order valence-electron chi connectivity index (χ3n) is 4.01. The Morgan fingerprint density at radius 1 is 1.32 bits per heavy atom. The number of nitro benzene ring substituents is 1. The molecule has 1 heterocycles. The molecule has 1 amide bonds. The number of para-hydroxylation sites is 1. The highest BCUT2D eigenvalue weighted by molar-refractivity contribution is 8.03. The van der Waals surface area contributed by atoms with Gasteiger partial charge < -0.3 is 14.8 Å². The second-order valence-electron chi connectivity index (χ2n) is 5.50. The van der Waals surface area contributed by atoms with Crippen molar-refractivity contribution < 1.29 is 28.8 Å². The minimum Gasteiger partial charge on any atom is -0.468 e. The summed E-state index contributed by atoms with van der Waals surface area (Å²) in [6.45, 7) is 0. The molecule has 11 heteroatoms. The highest BCUT2D eigenvalue weighted by Gasteiger charge is 2.46. The van der Waals surface area contributed by atoms with Gasteiger partial charge >= 0.3 is 11.9 Å². The van der Waals surface area contributed by atoms with Gasteiger partial charge in [0.05, 0.1) is 47.5 Å². The maximum absolute atomic E-state index is 12.6. The number of methoxy groups -OCH3 is 2. The molecule has 0 unspecified atom stereocenters. The molecule has 0 saturated carbocycles. The van der Waals surface area contributed by atoms with Gasteiger partial charge in [-0.2, -0.15) is 5.26 Å². The number of carbonyl (C=O) groups is 3. The van der Waals surface area contributed by atoms with Crippen LogP contribution in [-0.2, 0) is 23.9 Å². The fourth-order valence-corrected chi connectivity index (χ4v) is 3.64. The molecule has 146 valence electrons. The molecule has 10 nitrogen and oxygen atoms in total. The van der Waals surface area contributed by atoms with Gasteiger partial charge in [-0.1, -0.05) is 30.0 Å². The van der Waals surface area contributed by atoms with E-state index in [4.69, 9.17) is 0 Å². The second kappa shape index (κ2) is 9.01. The van der Waals surface area contributed by atoms with E-state index in [-0.39, 0.29) is 27.6 Å². The van der Waals surface area contributed by atoms with Crippen LogP contribution in [0.15, 0.2) is 34.9 Å². The molecule has 2 atom stereocenters. The summed E-state index contributed by atoms with van der Waals surface area (Å²) in [5.41, 5.74) is -0.412. The van der Waals surface area contributed by atoms with E-state index < -0.39 is 34.6 Å². The summed E-state index contributed by atoms with van der Waals surface area (Å²) in [5.74, 6) is -5.27. The molecule has 0 bridgehead atoms. The lowest BCUT2D eigenvalue weighted by Crippen LogP contribution is -2.44. The van der Waals surface area contributed by atoms with E-state index in [0.29, 0.717) is 0 Å². The van der Waals surface area contributed by atoms with Crippen molar-refractivity contribution in [1.29, 1.82) is 5.26 Å².